The second kappa shape index (κ2) is 8.34. The molecule has 1 N–H and O–H groups in total. The average molecular weight is 390 g/mol. The van der Waals surface area contributed by atoms with E-state index in [2.05, 4.69) is 15.3 Å². The van der Waals surface area contributed by atoms with E-state index in [9.17, 15) is 4.79 Å². The van der Waals surface area contributed by atoms with Gasteiger partial charge in [-0.25, -0.2) is 9.97 Å². The molecule has 0 fully saturated rings. The Morgan fingerprint density at radius 2 is 1.76 bits per heavy atom. The van der Waals surface area contributed by atoms with Gasteiger partial charge in [-0.2, -0.15) is 0 Å². The summed E-state index contributed by atoms with van der Waals surface area (Å²) in [6, 6.07) is 16.3. The van der Waals surface area contributed by atoms with E-state index in [0.29, 0.717) is 20.9 Å². The molecule has 4 nitrogen and oxygen atoms in total. The number of thioether (sulfide) groups is 1. The van der Waals surface area contributed by atoms with Crippen molar-refractivity contribution >= 4 is 46.6 Å². The smallest absolute Gasteiger partial charge is 0.234 e. The second-order valence-corrected chi connectivity index (χ2v) is 6.90. The number of aromatic nitrogens is 2. The highest BCUT2D eigenvalue weighted by Gasteiger charge is 2.08. The van der Waals surface area contributed by atoms with Crippen molar-refractivity contribution in [3.63, 3.8) is 0 Å². The number of nitrogens with one attached hydrogen (secondary N) is 1. The van der Waals surface area contributed by atoms with Gasteiger partial charge in [-0.1, -0.05) is 53.2 Å². The third-order valence-corrected chi connectivity index (χ3v) is 4.48. The van der Waals surface area contributed by atoms with Crippen molar-refractivity contribution in [3.05, 3.63) is 70.8 Å². The van der Waals surface area contributed by atoms with Gasteiger partial charge >= 0.3 is 0 Å². The summed E-state index contributed by atoms with van der Waals surface area (Å²) in [4.78, 5) is 20.7. The van der Waals surface area contributed by atoms with Gasteiger partial charge in [0.2, 0.25) is 5.91 Å². The van der Waals surface area contributed by atoms with Crippen molar-refractivity contribution in [1.82, 2.24) is 9.97 Å². The molecular formula is C18H13Cl2N3OS. The Morgan fingerprint density at radius 1 is 1.04 bits per heavy atom. The SMILES string of the molecule is O=C(CSc1nccc(-c2cc(Cl)cc(Cl)c2)n1)Nc1ccccc1. The Labute approximate surface area is 159 Å². The average Bonchev–Trinajstić information content (AvgIpc) is 2.60. The van der Waals surface area contributed by atoms with E-state index < -0.39 is 0 Å². The lowest BCUT2D eigenvalue weighted by molar-refractivity contribution is -0.113. The Morgan fingerprint density at radius 3 is 2.48 bits per heavy atom. The van der Waals surface area contributed by atoms with E-state index >= 15 is 0 Å². The highest BCUT2D eigenvalue weighted by molar-refractivity contribution is 7.99. The number of anilines is 1. The summed E-state index contributed by atoms with van der Waals surface area (Å²) >= 11 is 13.3. The number of rotatable bonds is 5. The lowest BCUT2D eigenvalue weighted by Crippen LogP contribution is -2.14. The topological polar surface area (TPSA) is 54.9 Å². The summed E-state index contributed by atoms with van der Waals surface area (Å²) in [5.74, 6) is 0.102. The number of halogens is 2. The molecule has 0 bridgehead atoms. The number of carbonyl (C=O) groups excluding carboxylic acids is 1. The van der Waals surface area contributed by atoms with Crippen molar-refractivity contribution in [1.29, 1.82) is 0 Å². The second-order valence-electron chi connectivity index (χ2n) is 5.09. The minimum absolute atomic E-state index is 0.115. The quantitative estimate of drug-likeness (QED) is 0.482. The van der Waals surface area contributed by atoms with E-state index in [1.807, 2.05) is 30.3 Å². The number of amides is 1. The normalized spacial score (nSPS) is 10.5. The van der Waals surface area contributed by atoms with Gasteiger partial charge in [-0.15, -0.1) is 0 Å². The van der Waals surface area contributed by atoms with Gasteiger partial charge in [0.05, 0.1) is 11.4 Å². The summed E-state index contributed by atoms with van der Waals surface area (Å²) in [6.45, 7) is 0. The lowest BCUT2D eigenvalue weighted by atomic mass is 10.1. The molecule has 7 heteroatoms. The third kappa shape index (κ3) is 5.19. The molecule has 1 heterocycles. The number of hydrogen-bond acceptors (Lipinski definition) is 4. The monoisotopic (exact) mass is 389 g/mol. The molecule has 3 rings (SSSR count). The largest absolute Gasteiger partial charge is 0.325 e. The van der Waals surface area contributed by atoms with Crippen LogP contribution in [0.2, 0.25) is 10.0 Å². The summed E-state index contributed by atoms with van der Waals surface area (Å²) in [6.07, 6.45) is 1.65. The lowest BCUT2D eigenvalue weighted by Gasteiger charge is -2.06. The predicted molar refractivity (Wildman–Crippen MR) is 103 cm³/mol. The van der Waals surface area contributed by atoms with Crippen LogP contribution in [0.3, 0.4) is 0 Å². The molecule has 1 aromatic heterocycles. The van der Waals surface area contributed by atoms with Crippen molar-refractivity contribution in [2.24, 2.45) is 0 Å². The summed E-state index contributed by atoms with van der Waals surface area (Å²) in [5.41, 5.74) is 2.26. The zero-order chi connectivity index (χ0) is 17.6. The molecule has 1 amide bonds. The predicted octanol–water partition coefficient (Wildman–Crippen LogP) is 5.18. The molecule has 3 aromatic rings. The number of para-hydroxylation sites is 1. The van der Waals surface area contributed by atoms with Crippen LogP contribution < -0.4 is 5.32 Å². The first-order chi connectivity index (χ1) is 12.1. The Kier molecular flexibility index (Phi) is 5.91. The minimum atomic E-state index is -0.115. The van der Waals surface area contributed by atoms with E-state index in [-0.39, 0.29) is 11.7 Å². The molecule has 0 aliphatic rings. The molecule has 0 saturated heterocycles. The van der Waals surface area contributed by atoms with Gasteiger partial charge in [0, 0.05) is 27.5 Å². The van der Waals surface area contributed by atoms with Gasteiger partial charge in [0.1, 0.15) is 0 Å². The number of carbonyl (C=O) groups is 1. The number of benzene rings is 2. The maximum atomic E-state index is 12.0. The zero-order valence-corrected chi connectivity index (χ0v) is 15.3. The van der Waals surface area contributed by atoms with Crippen LogP contribution in [0, 0.1) is 0 Å². The zero-order valence-electron chi connectivity index (χ0n) is 12.9. The van der Waals surface area contributed by atoms with Gasteiger partial charge < -0.3 is 5.32 Å². The van der Waals surface area contributed by atoms with Crippen molar-refractivity contribution < 1.29 is 4.79 Å². The van der Waals surface area contributed by atoms with Gasteiger partial charge in [-0.3, -0.25) is 4.79 Å². The standard InChI is InChI=1S/C18H13Cl2N3OS/c19-13-8-12(9-14(20)10-13)16-6-7-21-18(23-16)25-11-17(24)22-15-4-2-1-3-5-15/h1-10H,11H2,(H,22,24). The van der Waals surface area contributed by atoms with Crippen LogP contribution in [0.15, 0.2) is 66.0 Å². The van der Waals surface area contributed by atoms with Gasteiger partial charge in [0.25, 0.3) is 0 Å². The highest BCUT2D eigenvalue weighted by atomic mass is 35.5. The maximum Gasteiger partial charge on any atom is 0.234 e. The van der Waals surface area contributed by atoms with Crippen LogP contribution >= 0.6 is 35.0 Å². The summed E-state index contributed by atoms with van der Waals surface area (Å²) in [5, 5.41) is 4.41. The summed E-state index contributed by atoms with van der Waals surface area (Å²) < 4.78 is 0. The highest BCUT2D eigenvalue weighted by Crippen LogP contribution is 2.27. The fourth-order valence-electron chi connectivity index (χ4n) is 2.12. The van der Waals surface area contributed by atoms with Crippen LogP contribution in [-0.2, 0) is 4.79 Å². The third-order valence-electron chi connectivity index (χ3n) is 3.18. The Hall–Kier alpha value is -2.08. The van der Waals surface area contributed by atoms with E-state index in [1.165, 1.54) is 11.8 Å². The fourth-order valence-corrected chi connectivity index (χ4v) is 3.28. The first-order valence-electron chi connectivity index (χ1n) is 7.37. The van der Waals surface area contributed by atoms with Crippen LogP contribution in [0.4, 0.5) is 5.69 Å². The molecule has 0 saturated carbocycles. The molecule has 0 atom stereocenters. The summed E-state index contributed by atoms with van der Waals surface area (Å²) in [7, 11) is 0. The van der Waals surface area contributed by atoms with Crippen molar-refractivity contribution in [2.75, 3.05) is 11.1 Å². The van der Waals surface area contributed by atoms with E-state index in [0.717, 1.165) is 11.3 Å². The molecule has 0 aliphatic carbocycles. The maximum absolute atomic E-state index is 12.0. The van der Waals surface area contributed by atoms with E-state index in [4.69, 9.17) is 23.2 Å². The van der Waals surface area contributed by atoms with Crippen molar-refractivity contribution in [2.45, 2.75) is 5.16 Å². The molecule has 0 aliphatic heterocycles. The number of nitrogens with zero attached hydrogens (tertiary/aromatic N) is 2. The molecule has 25 heavy (non-hydrogen) atoms. The van der Waals surface area contributed by atoms with Crippen LogP contribution in [-0.4, -0.2) is 21.6 Å². The van der Waals surface area contributed by atoms with E-state index in [1.54, 1.807) is 30.5 Å². The van der Waals surface area contributed by atoms with Crippen LogP contribution in [0.1, 0.15) is 0 Å². The molecular weight excluding hydrogens is 377 g/mol. The van der Waals surface area contributed by atoms with Crippen LogP contribution in [0.5, 0.6) is 0 Å². The Balaban J connectivity index is 1.66. The molecule has 0 spiro atoms. The first-order valence-corrected chi connectivity index (χ1v) is 9.11. The van der Waals surface area contributed by atoms with Crippen molar-refractivity contribution in [3.8, 4) is 11.3 Å². The number of hydrogen-bond donors (Lipinski definition) is 1. The fraction of sp³-hybridized carbons (Fsp3) is 0.0556. The van der Waals surface area contributed by atoms with Gasteiger partial charge in [0.15, 0.2) is 5.16 Å². The first kappa shape index (κ1) is 17.7. The molecule has 0 unspecified atom stereocenters. The molecule has 0 radical (unpaired) electrons. The van der Waals surface area contributed by atoms with Crippen LogP contribution in [0.25, 0.3) is 11.3 Å². The van der Waals surface area contributed by atoms with Gasteiger partial charge in [-0.05, 0) is 36.4 Å². The molecule has 126 valence electrons. The Bertz CT molecular complexity index is 870. The minimum Gasteiger partial charge on any atom is -0.325 e. The molecule has 2 aromatic carbocycles.